The Bertz CT molecular complexity index is 454. The van der Waals surface area contributed by atoms with Gasteiger partial charge in [-0.05, 0) is 38.6 Å². The molecule has 112 valence electrons. The van der Waals surface area contributed by atoms with E-state index in [2.05, 4.69) is 40.0 Å². The minimum Gasteiger partial charge on any atom is -0.375 e. The Kier molecular flexibility index (Phi) is 6.42. The van der Waals surface area contributed by atoms with Crippen LogP contribution in [-0.2, 0) is 0 Å². The molecular weight excluding hydrogens is 322 g/mol. The summed E-state index contributed by atoms with van der Waals surface area (Å²) in [7, 11) is 4.01. The normalized spacial score (nSPS) is 12.8. The summed E-state index contributed by atoms with van der Waals surface area (Å²) < 4.78 is 0.711. The molecule has 20 heavy (non-hydrogen) atoms. The highest BCUT2D eigenvalue weighted by Crippen LogP contribution is 2.29. The fourth-order valence-corrected chi connectivity index (χ4v) is 2.54. The van der Waals surface area contributed by atoms with Crippen molar-refractivity contribution in [3.05, 3.63) is 32.8 Å². The van der Waals surface area contributed by atoms with Gasteiger partial charge >= 0.3 is 0 Å². The average Bonchev–Trinajstić information content (AvgIpc) is 2.29. The van der Waals surface area contributed by atoms with Gasteiger partial charge in [-0.2, -0.15) is 0 Å². The zero-order valence-electron chi connectivity index (χ0n) is 12.4. The van der Waals surface area contributed by atoms with E-state index in [0.717, 1.165) is 13.0 Å². The minimum absolute atomic E-state index is 0.104. The lowest BCUT2D eigenvalue weighted by Gasteiger charge is -2.24. The number of hydrogen-bond acceptors (Lipinski definition) is 4. The molecule has 1 atom stereocenters. The second-order valence-electron chi connectivity index (χ2n) is 5.65. The third kappa shape index (κ3) is 5.46. The molecule has 0 saturated heterocycles. The van der Waals surface area contributed by atoms with Gasteiger partial charge in [-0.25, -0.2) is 0 Å². The van der Waals surface area contributed by atoms with Gasteiger partial charge in [0.25, 0.3) is 5.69 Å². The van der Waals surface area contributed by atoms with Crippen molar-refractivity contribution in [2.45, 2.75) is 26.3 Å². The van der Waals surface area contributed by atoms with Gasteiger partial charge < -0.3 is 10.2 Å². The lowest BCUT2D eigenvalue weighted by atomic mass is 10.0. The van der Waals surface area contributed by atoms with Crippen molar-refractivity contribution >= 4 is 27.3 Å². The highest BCUT2D eigenvalue weighted by atomic mass is 79.9. The number of nitrogens with zero attached hydrogens (tertiary/aromatic N) is 2. The van der Waals surface area contributed by atoms with E-state index < -0.39 is 0 Å². The molecule has 1 aromatic rings. The maximum absolute atomic E-state index is 11.1. The molecule has 5 nitrogen and oxygen atoms in total. The Morgan fingerprint density at radius 1 is 1.40 bits per heavy atom. The average molecular weight is 344 g/mol. The third-order valence-electron chi connectivity index (χ3n) is 2.86. The van der Waals surface area contributed by atoms with Crippen LogP contribution in [0.1, 0.15) is 20.3 Å². The fraction of sp³-hybridized carbons (Fsp3) is 0.571. The quantitative estimate of drug-likeness (QED) is 0.605. The van der Waals surface area contributed by atoms with Gasteiger partial charge in [-0.3, -0.25) is 10.1 Å². The zero-order valence-corrected chi connectivity index (χ0v) is 14.0. The van der Waals surface area contributed by atoms with E-state index in [9.17, 15) is 10.1 Å². The minimum atomic E-state index is -0.352. The van der Waals surface area contributed by atoms with Crippen molar-refractivity contribution in [2.75, 3.05) is 26.0 Å². The van der Waals surface area contributed by atoms with Gasteiger partial charge in [0.15, 0.2) is 0 Å². The van der Waals surface area contributed by atoms with E-state index in [1.165, 1.54) is 6.07 Å². The van der Waals surface area contributed by atoms with Crippen molar-refractivity contribution in [1.82, 2.24) is 4.90 Å². The highest BCUT2D eigenvalue weighted by molar-refractivity contribution is 9.10. The molecule has 0 aromatic heterocycles. The van der Waals surface area contributed by atoms with Crippen molar-refractivity contribution in [1.29, 1.82) is 0 Å². The molecule has 1 aromatic carbocycles. The Morgan fingerprint density at radius 2 is 2.05 bits per heavy atom. The van der Waals surface area contributed by atoms with E-state index in [4.69, 9.17) is 0 Å². The Labute approximate surface area is 128 Å². The molecule has 0 aliphatic rings. The Morgan fingerprint density at radius 3 is 2.55 bits per heavy atom. The van der Waals surface area contributed by atoms with E-state index in [-0.39, 0.29) is 16.7 Å². The monoisotopic (exact) mass is 343 g/mol. The molecule has 0 saturated carbocycles. The number of nitrogens with one attached hydrogen (secondary N) is 1. The van der Waals surface area contributed by atoms with Crippen LogP contribution in [0.5, 0.6) is 0 Å². The van der Waals surface area contributed by atoms with Crippen LogP contribution in [0.15, 0.2) is 22.7 Å². The molecule has 0 heterocycles. The molecule has 0 spiro atoms. The van der Waals surface area contributed by atoms with E-state index in [0.29, 0.717) is 16.1 Å². The number of halogens is 1. The molecule has 1 N–H and O–H groups in total. The van der Waals surface area contributed by atoms with Gasteiger partial charge in [-0.15, -0.1) is 0 Å². The first-order valence-electron chi connectivity index (χ1n) is 6.64. The molecule has 0 fully saturated rings. The summed E-state index contributed by atoms with van der Waals surface area (Å²) in [5.74, 6) is 0.530. The Balaban J connectivity index is 2.94. The van der Waals surface area contributed by atoms with Crippen LogP contribution < -0.4 is 5.32 Å². The summed E-state index contributed by atoms with van der Waals surface area (Å²) in [6.07, 6.45) is 0.964. The molecule has 1 rings (SSSR count). The van der Waals surface area contributed by atoms with Gasteiger partial charge in [0.1, 0.15) is 5.69 Å². The van der Waals surface area contributed by atoms with E-state index in [1.54, 1.807) is 6.07 Å². The van der Waals surface area contributed by atoms with Crippen LogP contribution in [0.4, 0.5) is 11.4 Å². The van der Waals surface area contributed by atoms with Crippen LogP contribution in [0.2, 0.25) is 0 Å². The molecule has 0 aliphatic carbocycles. The third-order valence-corrected chi connectivity index (χ3v) is 3.35. The molecule has 6 heteroatoms. The first-order chi connectivity index (χ1) is 9.29. The van der Waals surface area contributed by atoms with Crippen molar-refractivity contribution < 1.29 is 4.92 Å². The summed E-state index contributed by atoms with van der Waals surface area (Å²) in [5.41, 5.74) is 0.678. The predicted octanol–water partition coefficient (Wildman–Crippen LogP) is 3.75. The predicted molar refractivity (Wildman–Crippen MR) is 86.2 cm³/mol. The number of nitro groups is 1. The SMILES string of the molecule is CC(C)CC(CN(C)C)Nc1ccc(Br)cc1[N+](=O)[O-]. The topological polar surface area (TPSA) is 58.4 Å². The van der Waals surface area contributed by atoms with Crippen LogP contribution in [0.25, 0.3) is 0 Å². The fourth-order valence-electron chi connectivity index (χ4n) is 2.19. The maximum Gasteiger partial charge on any atom is 0.293 e. The number of likely N-dealkylation sites (N-methyl/N-ethyl adjacent to an activating group) is 1. The molecule has 0 radical (unpaired) electrons. The van der Waals surface area contributed by atoms with Crippen molar-refractivity contribution in [3.63, 3.8) is 0 Å². The van der Waals surface area contributed by atoms with Crippen LogP contribution in [0, 0.1) is 16.0 Å². The van der Waals surface area contributed by atoms with Gasteiger partial charge in [-0.1, -0.05) is 29.8 Å². The van der Waals surface area contributed by atoms with Crippen LogP contribution in [0.3, 0.4) is 0 Å². The summed E-state index contributed by atoms with van der Waals surface area (Å²) >= 11 is 3.27. The van der Waals surface area contributed by atoms with Crippen LogP contribution in [-0.4, -0.2) is 36.5 Å². The van der Waals surface area contributed by atoms with Crippen molar-refractivity contribution in [2.24, 2.45) is 5.92 Å². The Hall–Kier alpha value is -1.14. The van der Waals surface area contributed by atoms with Gasteiger partial charge in [0.2, 0.25) is 0 Å². The first-order valence-corrected chi connectivity index (χ1v) is 7.44. The second kappa shape index (κ2) is 7.59. The van der Waals surface area contributed by atoms with Gasteiger partial charge in [0, 0.05) is 23.1 Å². The lowest BCUT2D eigenvalue weighted by Crippen LogP contribution is -2.33. The maximum atomic E-state index is 11.1. The highest BCUT2D eigenvalue weighted by Gasteiger charge is 2.19. The molecule has 0 amide bonds. The standard InChI is InChI=1S/C14H22BrN3O2/c1-10(2)7-12(9-17(3)4)16-13-6-5-11(15)8-14(13)18(19)20/h5-6,8,10,12,16H,7,9H2,1-4H3. The smallest absolute Gasteiger partial charge is 0.293 e. The zero-order chi connectivity index (χ0) is 15.3. The number of hydrogen-bond donors (Lipinski definition) is 1. The first kappa shape index (κ1) is 16.9. The molecule has 0 aliphatic heterocycles. The number of nitro benzene ring substituents is 1. The molecule has 1 unspecified atom stereocenters. The summed E-state index contributed by atoms with van der Waals surface area (Å²) in [4.78, 5) is 12.9. The van der Waals surface area contributed by atoms with Crippen LogP contribution >= 0.6 is 15.9 Å². The van der Waals surface area contributed by atoms with Crippen molar-refractivity contribution in [3.8, 4) is 0 Å². The molecular formula is C14H22BrN3O2. The van der Waals surface area contributed by atoms with Gasteiger partial charge in [0.05, 0.1) is 4.92 Å². The number of benzene rings is 1. The summed E-state index contributed by atoms with van der Waals surface area (Å²) in [6.45, 7) is 5.14. The number of rotatable bonds is 7. The van der Waals surface area contributed by atoms with E-state index >= 15 is 0 Å². The lowest BCUT2D eigenvalue weighted by molar-refractivity contribution is -0.384. The van der Waals surface area contributed by atoms with E-state index in [1.807, 2.05) is 20.2 Å². The molecule has 0 bridgehead atoms. The summed E-state index contributed by atoms with van der Waals surface area (Å²) in [6, 6.07) is 5.29. The second-order valence-corrected chi connectivity index (χ2v) is 6.57. The summed E-state index contributed by atoms with van der Waals surface area (Å²) in [5, 5.41) is 14.4. The largest absolute Gasteiger partial charge is 0.375 e. The number of anilines is 1.